The van der Waals surface area contributed by atoms with Gasteiger partial charge in [0.05, 0.1) is 23.6 Å². The van der Waals surface area contributed by atoms with Crippen LogP contribution in [0.1, 0.15) is 23.6 Å². The van der Waals surface area contributed by atoms with Gasteiger partial charge in [0.1, 0.15) is 6.54 Å². The van der Waals surface area contributed by atoms with Crippen LogP contribution in [0.5, 0.6) is 11.5 Å². The van der Waals surface area contributed by atoms with Crippen LogP contribution in [-0.2, 0) is 9.59 Å². The van der Waals surface area contributed by atoms with Crippen LogP contribution < -0.4 is 14.8 Å². The smallest absolute Gasteiger partial charge is 0.294 e. The Balaban J connectivity index is 1.76. The second-order valence-corrected chi connectivity index (χ2v) is 8.47. The molecule has 0 radical (unpaired) electrons. The molecule has 0 aromatic heterocycles. The first kappa shape index (κ1) is 23.7. The van der Waals surface area contributed by atoms with Crippen molar-refractivity contribution in [3.05, 3.63) is 56.9 Å². The fourth-order valence-electron chi connectivity index (χ4n) is 3.03. The number of amides is 3. The zero-order valence-electron chi connectivity index (χ0n) is 18.2. The first-order valence-electron chi connectivity index (χ1n) is 9.86. The van der Waals surface area contributed by atoms with E-state index in [0.29, 0.717) is 34.4 Å². The van der Waals surface area contributed by atoms with E-state index in [1.165, 1.54) is 13.2 Å². The molecule has 0 saturated carbocycles. The average Bonchev–Trinajstić information content (AvgIpc) is 3.00. The fraction of sp³-hybridized carbons (Fsp3) is 0.261. The van der Waals surface area contributed by atoms with Crippen LogP contribution >= 0.6 is 23.4 Å². The number of methoxy groups -OCH3 is 1. The molecule has 0 unspecified atom stereocenters. The van der Waals surface area contributed by atoms with Crippen LogP contribution in [0.15, 0.2) is 35.2 Å². The number of benzene rings is 2. The van der Waals surface area contributed by atoms with Crippen molar-refractivity contribution in [3.8, 4) is 11.5 Å². The normalized spacial score (nSPS) is 14.8. The van der Waals surface area contributed by atoms with Crippen molar-refractivity contribution in [2.75, 3.05) is 25.6 Å². The Kier molecular flexibility index (Phi) is 7.48. The first-order chi connectivity index (χ1) is 15.2. The van der Waals surface area contributed by atoms with Gasteiger partial charge in [-0.3, -0.25) is 19.3 Å². The van der Waals surface area contributed by atoms with Crippen LogP contribution in [0.4, 0.5) is 10.5 Å². The van der Waals surface area contributed by atoms with E-state index in [9.17, 15) is 14.4 Å². The number of hydrogen-bond acceptors (Lipinski definition) is 6. The Bertz CT molecular complexity index is 1120. The molecule has 1 fully saturated rings. The molecule has 2 aromatic carbocycles. The largest absolute Gasteiger partial charge is 0.493 e. The molecule has 1 heterocycles. The summed E-state index contributed by atoms with van der Waals surface area (Å²) in [7, 11) is 1.50. The third-order valence-electron chi connectivity index (χ3n) is 4.84. The lowest BCUT2D eigenvalue weighted by atomic mass is 10.1. The van der Waals surface area contributed by atoms with Crippen molar-refractivity contribution in [2.24, 2.45) is 0 Å². The molecule has 32 heavy (non-hydrogen) atoms. The Hall–Kier alpha value is -2.97. The van der Waals surface area contributed by atoms with Gasteiger partial charge in [0, 0.05) is 11.8 Å². The lowest BCUT2D eigenvalue weighted by Crippen LogP contribution is -2.36. The van der Waals surface area contributed by atoms with Crippen molar-refractivity contribution in [1.29, 1.82) is 0 Å². The number of nitrogens with zero attached hydrogens (tertiary/aromatic N) is 1. The van der Waals surface area contributed by atoms with E-state index in [4.69, 9.17) is 21.1 Å². The molecule has 1 N–H and O–H groups in total. The lowest BCUT2D eigenvalue weighted by Gasteiger charge is -2.13. The number of anilines is 1. The summed E-state index contributed by atoms with van der Waals surface area (Å²) in [4.78, 5) is 38.7. The van der Waals surface area contributed by atoms with Crippen molar-refractivity contribution in [3.63, 3.8) is 0 Å². The molecule has 2 aromatic rings. The van der Waals surface area contributed by atoms with Crippen LogP contribution in [-0.4, -0.2) is 42.2 Å². The van der Waals surface area contributed by atoms with Gasteiger partial charge in [0.15, 0.2) is 11.5 Å². The van der Waals surface area contributed by atoms with Crippen LogP contribution in [0.25, 0.3) is 6.08 Å². The number of rotatable bonds is 7. The van der Waals surface area contributed by atoms with Gasteiger partial charge in [-0.15, -0.1) is 0 Å². The molecular formula is C23H23ClN2O5S. The van der Waals surface area contributed by atoms with Crippen molar-refractivity contribution in [1.82, 2.24) is 4.90 Å². The standard InChI is InChI=1S/C23H23ClN2O5S/c1-5-31-19-11-17(24)15(9-18(19)30-4)10-20-22(28)26(23(29)32-20)12-21(27)25-16-7-6-13(2)14(3)8-16/h6-11H,5,12H2,1-4H3,(H,25,27)/b20-10+. The number of carbonyl (C=O) groups is 3. The van der Waals surface area contributed by atoms with Crippen molar-refractivity contribution in [2.45, 2.75) is 20.8 Å². The number of thioether (sulfide) groups is 1. The molecule has 1 saturated heterocycles. The minimum absolute atomic E-state index is 0.169. The summed E-state index contributed by atoms with van der Waals surface area (Å²) in [6.07, 6.45) is 1.51. The zero-order chi connectivity index (χ0) is 23.4. The third kappa shape index (κ3) is 5.26. The zero-order valence-corrected chi connectivity index (χ0v) is 19.7. The Labute approximate surface area is 195 Å². The summed E-state index contributed by atoms with van der Waals surface area (Å²) >= 11 is 7.08. The first-order valence-corrected chi connectivity index (χ1v) is 11.1. The van der Waals surface area contributed by atoms with Gasteiger partial charge in [-0.05, 0) is 73.5 Å². The maximum atomic E-state index is 12.8. The van der Waals surface area contributed by atoms with E-state index in [0.717, 1.165) is 27.8 Å². The van der Waals surface area contributed by atoms with Gasteiger partial charge < -0.3 is 14.8 Å². The summed E-state index contributed by atoms with van der Waals surface area (Å²) in [5.74, 6) is -0.0838. The Morgan fingerprint density at radius 1 is 1.16 bits per heavy atom. The Morgan fingerprint density at radius 3 is 2.56 bits per heavy atom. The van der Waals surface area contributed by atoms with E-state index >= 15 is 0 Å². The number of hydrogen-bond donors (Lipinski definition) is 1. The molecule has 3 rings (SSSR count). The maximum Gasteiger partial charge on any atom is 0.294 e. The summed E-state index contributed by atoms with van der Waals surface area (Å²) in [5, 5.41) is 2.54. The Morgan fingerprint density at radius 2 is 1.91 bits per heavy atom. The third-order valence-corrected chi connectivity index (χ3v) is 6.07. The highest BCUT2D eigenvalue weighted by Gasteiger charge is 2.36. The van der Waals surface area contributed by atoms with Gasteiger partial charge in [0.25, 0.3) is 11.1 Å². The molecule has 0 atom stereocenters. The van der Waals surface area contributed by atoms with E-state index in [-0.39, 0.29) is 11.4 Å². The number of ether oxygens (including phenoxy) is 2. The summed E-state index contributed by atoms with van der Waals surface area (Å²) in [6, 6.07) is 8.73. The number of nitrogens with one attached hydrogen (secondary N) is 1. The number of aryl methyl sites for hydroxylation is 2. The van der Waals surface area contributed by atoms with Crippen molar-refractivity contribution < 1.29 is 23.9 Å². The molecule has 7 nitrogen and oxygen atoms in total. The fourth-order valence-corrected chi connectivity index (χ4v) is 4.07. The van der Waals surface area contributed by atoms with Gasteiger partial charge in [-0.25, -0.2) is 0 Å². The van der Waals surface area contributed by atoms with E-state index < -0.39 is 17.1 Å². The quantitative estimate of drug-likeness (QED) is 0.566. The molecule has 9 heteroatoms. The van der Waals surface area contributed by atoms with Gasteiger partial charge in [-0.1, -0.05) is 17.7 Å². The van der Waals surface area contributed by atoms with Crippen LogP contribution in [0.2, 0.25) is 5.02 Å². The second kappa shape index (κ2) is 10.1. The molecule has 1 aliphatic heterocycles. The van der Waals surface area contributed by atoms with Crippen LogP contribution in [0.3, 0.4) is 0 Å². The van der Waals surface area contributed by atoms with Gasteiger partial charge in [-0.2, -0.15) is 0 Å². The number of carbonyl (C=O) groups excluding carboxylic acids is 3. The minimum atomic E-state index is -0.556. The molecule has 0 aliphatic carbocycles. The summed E-state index contributed by atoms with van der Waals surface area (Å²) < 4.78 is 10.8. The predicted molar refractivity (Wildman–Crippen MR) is 126 cm³/mol. The van der Waals surface area contributed by atoms with Gasteiger partial charge in [0.2, 0.25) is 5.91 Å². The molecule has 1 aliphatic rings. The minimum Gasteiger partial charge on any atom is -0.493 e. The molecule has 168 valence electrons. The maximum absolute atomic E-state index is 12.8. The highest BCUT2D eigenvalue weighted by molar-refractivity contribution is 8.18. The molecular weight excluding hydrogens is 452 g/mol. The highest BCUT2D eigenvalue weighted by atomic mass is 35.5. The monoisotopic (exact) mass is 474 g/mol. The van der Waals surface area contributed by atoms with Crippen molar-refractivity contribution >= 4 is 52.2 Å². The summed E-state index contributed by atoms with van der Waals surface area (Å²) in [5.41, 5.74) is 3.23. The number of halogens is 1. The van der Waals surface area contributed by atoms with E-state index in [2.05, 4.69) is 5.32 Å². The predicted octanol–water partition coefficient (Wildman–Crippen LogP) is 5.04. The number of imide groups is 1. The van der Waals surface area contributed by atoms with Crippen LogP contribution in [0, 0.1) is 13.8 Å². The van der Waals surface area contributed by atoms with E-state index in [1.54, 1.807) is 18.2 Å². The van der Waals surface area contributed by atoms with E-state index in [1.807, 2.05) is 32.9 Å². The van der Waals surface area contributed by atoms with Gasteiger partial charge >= 0.3 is 0 Å². The molecule has 3 amide bonds. The lowest BCUT2D eigenvalue weighted by molar-refractivity contribution is -0.127. The molecule has 0 spiro atoms. The highest BCUT2D eigenvalue weighted by Crippen LogP contribution is 2.37. The molecule has 0 bridgehead atoms. The SMILES string of the molecule is CCOc1cc(Cl)c(/C=C2/SC(=O)N(CC(=O)Nc3ccc(C)c(C)c3)C2=O)cc1OC. The second-order valence-electron chi connectivity index (χ2n) is 7.07. The summed E-state index contributed by atoms with van der Waals surface area (Å²) in [6.45, 7) is 5.81. The average molecular weight is 475 g/mol. The topological polar surface area (TPSA) is 84.9 Å².